The number of para-hydroxylation sites is 1. The molecule has 1 aromatic rings. The molecule has 0 bridgehead atoms. The third kappa shape index (κ3) is 3.87. The number of methoxy groups -OCH3 is 1. The van der Waals surface area contributed by atoms with Crippen LogP contribution in [0.25, 0.3) is 0 Å². The Morgan fingerprint density at radius 1 is 1.45 bits per heavy atom. The van der Waals surface area contributed by atoms with E-state index >= 15 is 0 Å². The van der Waals surface area contributed by atoms with Crippen LogP contribution in [0.3, 0.4) is 0 Å². The summed E-state index contributed by atoms with van der Waals surface area (Å²) in [6.07, 6.45) is 0.457. The van der Waals surface area contributed by atoms with Crippen LogP contribution >= 0.6 is 0 Å². The summed E-state index contributed by atoms with van der Waals surface area (Å²) in [6.45, 7) is 0.503. The minimum Gasteiger partial charge on any atom is -0.385 e. The Labute approximate surface area is 116 Å². The summed E-state index contributed by atoms with van der Waals surface area (Å²) in [5.41, 5.74) is 1.45. The molecule has 112 valence electrons. The van der Waals surface area contributed by atoms with E-state index in [1.807, 2.05) is 0 Å². The molecule has 10 heteroatoms. The maximum Gasteiger partial charge on any atom is 0.313 e. The summed E-state index contributed by atoms with van der Waals surface area (Å²) in [5, 5.41) is 11.0. The number of anilines is 1. The van der Waals surface area contributed by atoms with E-state index in [1.54, 1.807) is 0 Å². The smallest absolute Gasteiger partial charge is 0.313 e. The molecule has 0 amide bonds. The molecule has 20 heavy (non-hydrogen) atoms. The van der Waals surface area contributed by atoms with E-state index in [-0.39, 0.29) is 12.2 Å². The minimum atomic E-state index is -3.99. The summed E-state index contributed by atoms with van der Waals surface area (Å²) in [5.74, 6) is 5.15. The molecule has 1 aromatic carbocycles. The van der Waals surface area contributed by atoms with Crippen LogP contribution < -0.4 is 16.0 Å². The number of rotatable bonds is 8. The van der Waals surface area contributed by atoms with Crippen LogP contribution in [0.15, 0.2) is 23.1 Å². The predicted octanol–water partition coefficient (Wildman–Crippen LogP) is 0.195. The van der Waals surface area contributed by atoms with E-state index in [4.69, 9.17) is 10.6 Å². The Morgan fingerprint density at radius 2 is 2.15 bits per heavy atom. The van der Waals surface area contributed by atoms with Crippen LogP contribution in [-0.4, -0.2) is 33.6 Å². The van der Waals surface area contributed by atoms with Crippen molar-refractivity contribution < 1.29 is 18.1 Å². The highest BCUT2D eigenvalue weighted by molar-refractivity contribution is 7.89. The van der Waals surface area contributed by atoms with Gasteiger partial charge < -0.3 is 10.2 Å². The molecule has 0 unspecified atom stereocenters. The maximum atomic E-state index is 12.1. The van der Waals surface area contributed by atoms with Gasteiger partial charge in [0.2, 0.25) is 10.0 Å². The average Bonchev–Trinajstić information content (AvgIpc) is 2.42. The van der Waals surface area contributed by atoms with Crippen LogP contribution in [0.2, 0.25) is 0 Å². The molecule has 0 aliphatic rings. The Bertz CT molecular complexity index is 575. The van der Waals surface area contributed by atoms with Crippen LogP contribution in [0.5, 0.6) is 0 Å². The second-order valence-corrected chi connectivity index (χ2v) is 5.53. The molecule has 1 rings (SSSR count). The van der Waals surface area contributed by atoms with Gasteiger partial charge in [0.05, 0.1) is 4.92 Å². The number of benzene rings is 1. The number of hydrogen-bond donors (Lipinski definition) is 3. The Hall–Kier alpha value is -1.75. The van der Waals surface area contributed by atoms with Gasteiger partial charge in [-0.25, -0.2) is 13.1 Å². The first-order valence-corrected chi connectivity index (χ1v) is 7.15. The zero-order valence-electron chi connectivity index (χ0n) is 10.8. The highest BCUT2D eigenvalue weighted by Crippen LogP contribution is 2.31. The Balaban J connectivity index is 3.08. The van der Waals surface area contributed by atoms with Gasteiger partial charge in [-0.3, -0.25) is 16.0 Å². The van der Waals surface area contributed by atoms with E-state index < -0.39 is 25.5 Å². The normalized spacial score (nSPS) is 11.3. The number of sulfonamides is 1. The Kier molecular flexibility index (Phi) is 5.82. The van der Waals surface area contributed by atoms with E-state index in [0.717, 1.165) is 6.07 Å². The number of nitrogens with two attached hydrogens (primary N) is 1. The number of hydrazine groups is 1. The van der Waals surface area contributed by atoms with Crippen LogP contribution in [0.1, 0.15) is 6.42 Å². The summed E-state index contributed by atoms with van der Waals surface area (Å²) in [7, 11) is -2.50. The molecule has 0 atom stereocenters. The van der Waals surface area contributed by atoms with Crippen molar-refractivity contribution in [3.8, 4) is 0 Å². The number of nitrogen functional groups attached to an aromatic ring is 1. The summed E-state index contributed by atoms with van der Waals surface area (Å²) >= 11 is 0. The van der Waals surface area contributed by atoms with Crippen molar-refractivity contribution in [1.29, 1.82) is 0 Å². The fourth-order valence-electron chi connectivity index (χ4n) is 1.54. The molecule has 0 aromatic heterocycles. The average molecular weight is 304 g/mol. The van der Waals surface area contributed by atoms with Gasteiger partial charge in [-0.2, -0.15) is 0 Å². The first-order chi connectivity index (χ1) is 9.44. The van der Waals surface area contributed by atoms with Gasteiger partial charge >= 0.3 is 5.69 Å². The van der Waals surface area contributed by atoms with Crippen LogP contribution in [-0.2, 0) is 14.8 Å². The third-order valence-corrected chi connectivity index (χ3v) is 3.94. The van der Waals surface area contributed by atoms with Crippen molar-refractivity contribution in [3.05, 3.63) is 28.3 Å². The lowest BCUT2D eigenvalue weighted by Crippen LogP contribution is -2.26. The molecule has 9 nitrogen and oxygen atoms in total. The summed E-state index contributed by atoms with van der Waals surface area (Å²) < 4.78 is 31.2. The van der Waals surface area contributed by atoms with E-state index in [0.29, 0.717) is 13.0 Å². The number of nitrogens with zero attached hydrogens (tertiary/aromatic N) is 1. The maximum absolute atomic E-state index is 12.1. The zero-order valence-corrected chi connectivity index (χ0v) is 11.6. The molecular weight excluding hydrogens is 288 g/mol. The van der Waals surface area contributed by atoms with Gasteiger partial charge in [0.1, 0.15) is 5.69 Å². The number of nitrogens with one attached hydrogen (secondary N) is 2. The highest BCUT2D eigenvalue weighted by atomic mass is 32.2. The number of nitro groups is 1. The number of nitro benzene ring substituents is 1. The molecule has 0 saturated carbocycles. The quantitative estimate of drug-likeness (QED) is 0.270. The molecule has 0 aliphatic carbocycles. The van der Waals surface area contributed by atoms with Gasteiger partial charge in [-0.05, 0) is 18.6 Å². The van der Waals surface area contributed by atoms with Crippen molar-refractivity contribution >= 4 is 21.4 Å². The molecule has 0 fully saturated rings. The minimum absolute atomic E-state index is 0.0743. The molecule has 0 spiro atoms. The standard InChI is InChI=1S/C10H16N4O5S/c1-19-7-3-6-12-20(17,18)9-5-2-4-8(13-11)10(9)14(15)16/h2,4-5,12-13H,3,6-7,11H2,1H3. The van der Waals surface area contributed by atoms with Gasteiger partial charge in [0, 0.05) is 20.3 Å². The lowest BCUT2D eigenvalue weighted by molar-refractivity contribution is -0.386. The lowest BCUT2D eigenvalue weighted by Gasteiger charge is -2.09. The van der Waals surface area contributed by atoms with Gasteiger partial charge in [-0.15, -0.1) is 0 Å². The van der Waals surface area contributed by atoms with Crippen molar-refractivity contribution in [3.63, 3.8) is 0 Å². The number of hydrogen-bond acceptors (Lipinski definition) is 7. The first kappa shape index (κ1) is 16.3. The van der Waals surface area contributed by atoms with E-state index in [9.17, 15) is 18.5 Å². The van der Waals surface area contributed by atoms with E-state index in [1.165, 1.54) is 19.2 Å². The lowest BCUT2D eigenvalue weighted by atomic mass is 10.3. The topological polar surface area (TPSA) is 137 Å². The first-order valence-electron chi connectivity index (χ1n) is 5.66. The summed E-state index contributed by atoms with van der Waals surface area (Å²) in [4.78, 5) is 9.79. The fourth-order valence-corrected chi connectivity index (χ4v) is 2.81. The second kappa shape index (κ2) is 7.14. The van der Waals surface area contributed by atoms with E-state index in [2.05, 4.69) is 10.1 Å². The monoisotopic (exact) mass is 304 g/mol. The largest absolute Gasteiger partial charge is 0.385 e. The third-order valence-electron chi connectivity index (χ3n) is 2.44. The predicted molar refractivity (Wildman–Crippen MR) is 72.6 cm³/mol. The second-order valence-electron chi connectivity index (χ2n) is 3.80. The van der Waals surface area contributed by atoms with Crippen LogP contribution in [0.4, 0.5) is 11.4 Å². The number of ether oxygens (including phenoxy) is 1. The zero-order chi connectivity index (χ0) is 15.2. The highest BCUT2D eigenvalue weighted by Gasteiger charge is 2.28. The Morgan fingerprint density at radius 3 is 2.70 bits per heavy atom. The molecular formula is C10H16N4O5S. The van der Waals surface area contributed by atoms with Gasteiger partial charge in [-0.1, -0.05) is 6.07 Å². The van der Waals surface area contributed by atoms with Crippen molar-refractivity contribution in [2.24, 2.45) is 5.84 Å². The fraction of sp³-hybridized carbons (Fsp3) is 0.400. The SMILES string of the molecule is COCCCNS(=O)(=O)c1cccc(NN)c1[N+](=O)[O-]. The van der Waals surface area contributed by atoms with Crippen molar-refractivity contribution in [2.45, 2.75) is 11.3 Å². The molecule has 0 radical (unpaired) electrons. The molecule has 0 saturated heterocycles. The molecule has 0 aliphatic heterocycles. The molecule has 0 heterocycles. The summed E-state index contributed by atoms with van der Waals surface area (Å²) in [6, 6.07) is 3.84. The van der Waals surface area contributed by atoms with Crippen LogP contribution in [0, 0.1) is 10.1 Å². The van der Waals surface area contributed by atoms with Crippen molar-refractivity contribution in [2.75, 3.05) is 25.7 Å². The molecule has 4 N–H and O–H groups in total. The van der Waals surface area contributed by atoms with Crippen molar-refractivity contribution in [1.82, 2.24) is 4.72 Å². The van der Waals surface area contributed by atoms with Gasteiger partial charge in [0.15, 0.2) is 4.90 Å². The van der Waals surface area contributed by atoms with Gasteiger partial charge in [0.25, 0.3) is 0 Å².